The summed E-state index contributed by atoms with van der Waals surface area (Å²) in [5.74, 6) is 3.07. The van der Waals surface area contributed by atoms with E-state index in [1.807, 2.05) is 44.2 Å². The number of benzene rings is 1. The van der Waals surface area contributed by atoms with E-state index in [0.717, 1.165) is 28.3 Å². The first kappa shape index (κ1) is 17.1. The molecular weight excluding hydrogens is 320 g/mol. The molecule has 0 unspecified atom stereocenters. The van der Waals surface area contributed by atoms with Crippen molar-refractivity contribution >= 4 is 0 Å². The molecule has 0 saturated carbocycles. The molecule has 2 heterocycles. The number of rotatable bonds is 8. The quantitative estimate of drug-likeness (QED) is 0.672. The van der Waals surface area contributed by atoms with Gasteiger partial charge in [-0.05, 0) is 43.7 Å². The minimum absolute atomic E-state index is 0.396. The highest BCUT2D eigenvalue weighted by Crippen LogP contribution is 2.29. The van der Waals surface area contributed by atoms with Gasteiger partial charge in [0, 0.05) is 6.54 Å². The maximum Gasteiger partial charge on any atom is 0.161 e. The van der Waals surface area contributed by atoms with Crippen LogP contribution < -0.4 is 14.8 Å². The van der Waals surface area contributed by atoms with Gasteiger partial charge in [0.15, 0.2) is 11.5 Å². The van der Waals surface area contributed by atoms with Gasteiger partial charge in [-0.3, -0.25) is 0 Å². The smallest absolute Gasteiger partial charge is 0.161 e. The van der Waals surface area contributed by atoms with Crippen molar-refractivity contribution in [2.75, 3.05) is 7.11 Å². The van der Waals surface area contributed by atoms with Gasteiger partial charge >= 0.3 is 0 Å². The van der Waals surface area contributed by atoms with E-state index < -0.39 is 0 Å². The Balaban J connectivity index is 1.61. The van der Waals surface area contributed by atoms with Crippen LogP contribution in [0.2, 0.25) is 0 Å². The molecule has 0 bridgehead atoms. The summed E-state index contributed by atoms with van der Waals surface area (Å²) in [6, 6.07) is 9.73. The van der Waals surface area contributed by atoms with Crippen molar-refractivity contribution in [2.24, 2.45) is 0 Å². The zero-order chi connectivity index (χ0) is 17.6. The molecule has 0 radical (unpaired) electrons. The normalized spacial score (nSPS) is 10.8. The van der Waals surface area contributed by atoms with Crippen LogP contribution in [0.3, 0.4) is 0 Å². The fourth-order valence-corrected chi connectivity index (χ4v) is 2.54. The van der Waals surface area contributed by atoms with E-state index in [-0.39, 0.29) is 0 Å². The van der Waals surface area contributed by atoms with Crippen molar-refractivity contribution in [3.8, 4) is 11.5 Å². The van der Waals surface area contributed by atoms with Crippen molar-refractivity contribution in [2.45, 2.75) is 33.5 Å². The summed E-state index contributed by atoms with van der Waals surface area (Å²) in [6.45, 7) is 5.57. The van der Waals surface area contributed by atoms with Crippen LogP contribution in [0.1, 0.15) is 28.3 Å². The van der Waals surface area contributed by atoms with Gasteiger partial charge in [0.1, 0.15) is 18.1 Å². The lowest BCUT2D eigenvalue weighted by molar-refractivity contribution is 0.281. The molecule has 3 aromatic rings. The van der Waals surface area contributed by atoms with Crippen molar-refractivity contribution < 1.29 is 18.4 Å². The number of ether oxygens (including phenoxy) is 2. The molecule has 132 valence electrons. The number of aryl methyl sites for hydroxylation is 2. The highest BCUT2D eigenvalue weighted by atomic mass is 16.5. The van der Waals surface area contributed by atoms with Gasteiger partial charge in [-0.1, -0.05) is 11.2 Å². The highest BCUT2D eigenvalue weighted by molar-refractivity contribution is 5.43. The summed E-state index contributed by atoms with van der Waals surface area (Å²) < 4.78 is 21.8. The molecule has 0 atom stereocenters. The maximum atomic E-state index is 5.89. The number of methoxy groups -OCH3 is 1. The molecule has 0 aliphatic heterocycles. The maximum absolute atomic E-state index is 5.89. The molecule has 6 heteroatoms. The molecule has 0 amide bonds. The Labute approximate surface area is 146 Å². The van der Waals surface area contributed by atoms with E-state index in [2.05, 4.69) is 10.5 Å². The molecule has 0 fully saturated rings. The Morgan fingerprint density at radius 1 is 1.12 bits per heavy atom. The third-order valence-electron chi connectivity index (χ3n) is 3.99. The van der Waals surface area contributed by atoms with Gasteiger partial charge in [-0.15, -0.1) is 0 Å². The molecule has 0 aliphatic rings. The van der Waals surface area contributed by atoms with Gasteiger partial charge in [0.05, 0.1) is 31.2 Å². The van der Waals surface area contributed by atoms with Crippen molar-refractivity contribution in [1.29, 1.82) is 0 Å². The predicted molar refractivity (Wildman–Crippen MR) is 92.6 cm³/mol. The van der Waals surface area contributed by atoms with Crippen LogP contribution in [0.25, 0.3) is 0 Å². The molecule has 0 aliphatic carbocycles. The zero-order valence-corrected chi connectivity index (χ0v) is 14.7. The van der Waals surface area contributed by atoms with E-state index in [1.165, 1.54) is 0 Å². The summed E-state index contributed by atoms with van der Waals surface area (Å²) >= 11 is 0. The molecule has 1 N–H and O–H groups in total. The monoisotopic (exact) mass is 342 g/mol. The highest BCUT2D eigenvalue weighted by Gasteiger charge is 2.12. The fourth-order valence-electron chi connectivity index (χ4n) is 2.54. The third-order valence-corrected chi connectivity index (χ3v) is 3.99. The van der Waals surface area contributed by atoms with Crippen LogP contribution in [0, 0.1) is 13.8 Å². The van der Waals surface area contributed by atoms with Crippen molar-refractivity contribution in [3.63, 3.8) is 0 Å². The van der Waals surface area contributed by atoms with Gasteiger partial charge in [-0.25, -0.2) is 0 Å². The van der Waals surface area contributed by atoms with E-state index in [0.29, 0.717) is 31.2 Å². The Morgan fingerprint density at radius 2 is 2.00 bits per heavy atom. The topological polar surface area (TPSA) is 69.7 Å². The minimum atomic E-state index is 0.396. The Hall–Kier alpha value is -2.73. The summed E-state index contributed by atoms with van der Waals surface area (Å²) in [7, 11) is 1.64. The van der Waals surface area contributed by atoms with E-state index in [1.54, 1.807) is 13.4 Å². The standard InChI is InChI=1S/C19H22N2O4/c1-13-17(14(2)25-21-13)12-24-18-7-6-15(9-19(18)22-3)10-20-11-16-5-4-8-23-16/h4-9,20H,10-12H2,1-3H3. The summed E-state index contributed by atoms with van der Waals surface area (Å²) in [5, 5.41) is 7.27. The van der Waals surface area contributed by atoms with Crippen LogP contribution in [0.15, 0.2) is 45.5 Å². The molecule has 3 rings (SSSR count). The fraction of sp³-hybridized carbons (Fsp3) is 0.316. The SMILES string of the molecule is COc1cc(CNCc2ccco2)ccc1OCc1c(C)noc1C. The molecule has 2 aromatic heterocycles. The van der Waals surface area contributed by atoms with Crippen molar-refractivity contribution in [1.82, 2.24) is 10.5 Å². The zero-order valence-electron chi connectivity index (χ0n) is 14.7. The Bertz CT molecular complexity index is 789. The summed E-state index contributed by atoms with van der Waals surface area (Å²) in [5.41, 5.74) is 2.91. The lowest BCUT2D eigenvalue weighted by atomic mass is 10.2. The van der Waals surface area contributed by atoms with Gasteiger partial charge in [-0.2, -0.15) is 0 Å². The van der Waals surface area contributed by atoms with Crippen LogP contribution in [0.5, 0.6) is 11.5 Å². The van der Waals surface area contributed by atoms with Crippen molar-refractivity contribution in [3.05, 3.63) is 64.9 Å². The van der Waals surface area contributed by atoms with Gasteiger partial charge in [0.2, 0.25) is 0 Å². The minimum Gasteiger partial charge on any atom is -0.493 e. The molecule has 6 nitrogen and oxygen atoms in total. The van der Waals surface area contributed by atoms with E-state index in [9.17, 15) is 0 Å². The molecular formula is C19H22N2O4. The van der Waals surface area contributed by atoms with Crippen LogP contribution in [0.4, 0.5) is 0 Å². The first-order chi connectivity index (χ1) is 12.2. The summed E-state index contributed by atoms with van der Waals surface area (Å²) in [4.78, 5) is 0. The lowest BCUT2D eigenvalue weighted by Crippen LogP contribution is -2.12. The Kier molecular flexibility index (Phi) is 5.40. The van der Waals surface area contributed by atoms with Gasteiger partial charge in [0.25, 0.3) is 0 Å². The number of aromatic nitrogens is 1. The molecule has 0 spiro atoms. The second-order valence-electron chi connectivity index (χ2n) is 5.76. The number of nitrogens with zero attached hydrogens (tertiary/aromatic N) is 1. The lowest BCUT2D eigenvalue weighted by Gasteiger charge is -2.12. The first-order valence-electron chi connectivity index (χ1n) is 8.12. The molecule has 1 aromatic carbocycles. The largest absolute Gasteiger partial charge is 0.493 e. The number of hydrogen-bond donors (Lipinski definition) is 1. The second kappa shape index (κ2) is 7.90. The Morgan fingerprint density at radius 3 is 2.68 bits per heavy atom. The van der Waals surface area contributed by atoms with E-state index >= 15 is 0 Å². The van der Waals surface area contributed by atoms with E-state index in [4.69, 9.17) is 18.4 Å². The number of furan rings is 1. The predicted octanol–water partition coefficient (Wildman–Crippen LogP) is 3.76. The van der Waals surface area contributed by atoms with Gasteiger partial charge < -0.3 is 23.7 Å². The average molecular weight is 342 g/mol. The molecule has 25 heavy (non-hydrogen) atoms. The van der Waals surface area contributed by atoms with Crippen LogP contribution in [-0.2, 0) is 19.7 Å². The molecule has 0 saturated heterocycles. The van der Waals surface area contributed by atoms with Crippen LogP contribution in [-0.4, -0.2) is 12.3 Å². The van der Waals surface area contributed by atoms with Crippen LogP contribution >= 0.6 is 0 Å². The third kappa shape index (κ3) is 4.22. The number of hydrogen-bond acceptors (Lipinski definition) is 6. The first-order valence-corrected chi connectivity index (χ1v) is 8.12. The second-order valence-corrected chi connectivity index (χ2v) is 5.76. The number of nitrogens with one attached hydrogen (secondary N) is 1. The average Bonchev–Trinajstić information content (AvgIpc) is 3.24. The summed E-state index contributed by atoms with van der Waals surface area (Å²) in [6.07, 6.45) is 1.67.